The third-order valence-corrected chi connectivity index (χ3v) is 4.78. The predicted molar refractivity (Wildman–Crippen MR) is 77.7 cm³/mol. The summed E-state index contributed by atoms with van der Waals surface area (Å²) in [5.41, 5.74) is 0.0358. The van der Waals surface area contributed by atoms with Gasteiger partial charge in [0.2, 0.25) is 0 Å². The van der Waals surface area contributed by atoms with E-state index >= 15 is 0 Å². The quantitative estimate of drug-likeness (QED) is 0.832. The van der Waals surface area contributed by atoms with E-state index in [4.69, 9.17) is 20.2 Å². The summed E-state index contributed by atoms with van der Waals surface area (Å²) in [5, 5.41) is 2.82. The first-order valence-electron chi connectivity index (χ1n) is 6.39. The van der Waals surface area contributed by atoms with Crippen LogP contribution in [0.3, 0.4) is 0 Å². The van der Waals surface area contributed by atoms with Crippen LogP contribution >= 0.6 is 10.7 Å². The summed E-state index contributed by atoms with van der Waals surface area (Å²) in [4.78, 5) is 12.1. The summed E-state index contributed by atoms with van der Waals surface area (Å²) < 4.78 is 33.4. The Kier molecular flexibility index (Phi) is 4.63. The van der Waals surface area contributed by atoms with E-state index in [0.29, 0.717) is 0 Å². The van der Waals surface area contributed by atoms with Gasteiger partial charge in [-0.25, -0.2) is 8.42 Å². The normalized spacial score (nSPS) is 15.2. The Bertz CT molecular complexity index is 655. The Morgan fingerprint density at radius 3 is 2.38 bits per heavy atom. The highest BCUT2D eigenvalue weighted by Crippen LogP contribution is 2.36. The lowest BCUT2D eigenvalue weighted by atomic mass is 9.93. The number of benzene rings is 1. The Labute approximate surface area is 127 Å². The first-order valence-corrected chi connectivity index (χ1v) is 8.70. The molecular formula is C13H16ClNO5S. The van der Waals surface area contributed by atoms with Crippen LogP contribution in [0.2, 0.25) is 0 Å². The molecule has 8 heteroatoms. The van der Waals surface area contributed by atoms with Gasteiger partial charge in [0.05, 0.1) is 14.2 Å². The number of carbonyl (C=O) groups is 1. The van der Waals surface area contributed by atoms with Crippen molar-refractivity contribution in [2.75, 3.05) is 14.2 Å². The van der Waals surface area contributed by atoms with Crippen LogP contribution in [0.4, 0.5) is 0 Å². The predicted octanol–water partition coefficient (Wildman–Crippen LogP) is 1.91. The number of hydrogen-bond donors (Lipinski definition) is 1. The van der Waals surface area contributed by atoms with Crippen molar-refractivity contribution in [2.45, 2.75) is 30.2 Å². The Hall–Kier alpha value is -1.47. The van der Waals surface area contributed by atoms with Crippen molar-refractivity contribution in [3.63, 3.8) is 0 Å². The standard InChI is InChI=1S/C13H16ClNO5S/c1-19-9-6-7-10(21(14,17)18)12(20-2)11(9)13(16)15-8-4-3-5-8/h6-8H,3-5H2,1-2H3,(H,15,16). The van der Waals surface area contributed by atoms with E-state index in [-0.39, 0.29) is 28.0 Å². The fourth-order valence-corrected chi connectivity index (χ4v) is 3.14. The van der Waals surface area contributed by atoms with Crippen LogP contribution in [0.25, 0.3) is 0 Å². The number of nitrogens with one attached hydrogen (secondary N) is 1. The molecule has 0 aromatic heterocycles. The lowest BCUT2D eigenvalue weighted by Gasteiger charge is -2.27. The number of ether oxygens (including phenoxy) is 2. The lowest BCUT2D eigenvalue weighted by molar-refractivity contribution is 0.0910. The molecule has 6 nitrogen and oxygen atoms in total. The molecule has 1 aromatic rings. The van der Waals surface area contributed by atoms with Gasteiger partial charge in [-0.1, -0.05) is 0 Å². The van der Waals surface area contributed by atoms with Crippen molar-refractivity contribution in [2.24, 2.45) is 0 Å². The summed E-state index contributed by atoms with van der Waals surface area (Å²) in [6, 6.07) is 2.73. The fraction of sp³-hybridized carbons (Fsp3) is 0.462. The molecule has 116 valence electrons. The maximum Gasteiger partial charge on any atom is 0.265 e. The monoisotopic (exact) mass is 333 g/mol. The number of amides is 1. The second-order valence-corrected chi connectivity index (χ2v) is 7.25. The van der Waals surface area contributed by atoms with Crippen LogP contribution in [-0.4, -0.2) is 34.6 Å². The van der Waals surface area contributed by atoms with Crippen LogP contribution in [-0.2, 0) is 9.05 Å². The minimum Gasteiger partial charge on any atom is -0.496 e. The van der Waals surface area contributed by atoms with Gasteiger partial charge in [-0.15, -0.1) is 0 Å². The maximum absolute atomic E-state index is 12.4. The molecule has 0 bridgehead atoms. The molecule has 1 N–H and O–H groups in total. The molecule has 0 radical (unpaired) electrons. The molecule has 0 heterocycles. The van der Waals surface area contributed by atoms with Gasteiger partial charge in [-0.3, -0.25) is 4.79 Å². The van der Waals surface area contributed by atoms with E-state index in [9.17, 15) is 13.2 Å². The van der Waals surface area contributed by atoms with E-state index in [2.05, 4.69) is 5.32 Å². The highest BCUT2D eigenvalue weighted by atomic mass is 35.7. The molecule has 1 aliphatic carbocycles. The van der Waals surface area contributed by atoms with Gasteiger partial charge in [0.15, 0.2) is 5.75 Å². The lowest BCUT2D eigenvalue weighted by Crippen LogP contribution is -2.39. The summed E-state index contributed by atoms with van der Waals surface area (Å²) in [5.74, 6) is -0.315. The summed E-state index contributed by atoms with van der Waals surface area (Å²) in [7, 11) is 4.01. The van der Waals surface area contributed by atoms with Crippen molar-refractivity contribution in [1.82, 2.24) is 5.32 Å². The molecule has 2 rings (SSSR count). The van der Waals surface area contributed by atoms with Crippen molar-refractivity contribution in [3.05, 3.63) is 17.7 Å². The molecule has 1 fully saturated rings. The first-order chi connectivity index (χ1) is 9.88. The second kappa shape index (κ2) is 6.11. The van der Waals surface area contributed by atoms with Gasteiger partial charge in [0, 0.05) is 16.7 Å². The number of carbonyl (C=O) groups excluding carboxylic acids is 1. The zero-order valence-electron chi connectivity index (χ0n) is 11.7. The average Bonchev–Trinajstić information content (AvgIpc) is 2.39. The van der Waals surface area contributed by atoms with Gasteiger partial charge in [0.1, 0.15) is 16.2 Å². The van der Waals surface area contributed by atoms with Gasteiger partial charge in [-0.2, -0.15) is 0 Å². The Balaban J connectivity index is 2.51. The van der Waals surface area contributed by atoms with Crippen LogP contribution < -0.4 is 14.8 Å². The summed E-state index contributed by atoms with van der Waals surface area (Å²) >= 11 is 0. The summed E-state index contributed by atoms with van der Waals surface area (Å²) in [6.07, 6.45) is 2.88. The molecule has 0 spiro atoms. The molecule has 0 saturated heterocycles. The minimum atomic E-state index is -4.03. The van der Waals surface area contributed by atoms with E-state index in [1.54, 1.807) is 0 Å². The molecule has 0 aliphatic heterocycles. The first kappa shape index (κ1) is 15.9. The van der Waals surface area contributed by atoms with Crippen LogP contribution in [0.1, 0.15) is 29.6 Å². The summed E-state index contributed by atoms with van der Waals surface area (Å²) in [6.45, 7) is 0. The van der Waals surface area contributed by atoms with Crippen LogP contribution in [0.15, 0.2) is 17.0 Å². The molecule has 1 aliphatic rings. The third-order valence-electron chi connectivity index (χ3n) is 3.44. The highest BCUT2D eigenvalue weighted by Gasteiger charge is 2.29. The Morgan fingerprint density at radius 1 is 1.29 bits per heavy atom. The van der Waals surface area contributed by atoms with Gasteiger partial charge >= 0.3 is 0 Å². The number of halogens is 1. The van der Waals surface area contributed by atoms with Crippen molar-refractivity contribution in [3.8, 4) is 11.5 Å². The van der Waals surface area contributed by atoms with E-state index < -0.39 is 15.0 Å². The molecule has 21 heavy (non-hydrogen) atoms. The van der Waals surface area contributed by atoms with E-state index in [1.165, 1.54) is 26.4 Å². The molecular weight excluding hydrogens is 318 g/mol. The highest BCUT2D eigenvalue weighted by molar-refractivity contribution is 8.13. The van der Waals surface area contributed by atoms with Crippen LogP contribution in [0.5, 0.6) is 11.5 Å². The minimum absolute atomic E-state index is 0.0358. The molecule has 1 aromatic carbocycles. The van der Waals surface area contributed by atoms with Crippen LogP contribution in [0, 0.1) is 0 Å². The van der Waals surface area contributed by atoms with E-state index in [1.807, 2.05) is 0 Å². The third kappa shape index (κ3) is 3.24. The topological polar surface area (TPSA) is 81.7 Å². The number of rotatable bonds is 5. The molecule has 1 amide bonds. The smallest absolute Gasteiger partial charge is 0.265 e. The SMILES string of the molecule is COc1ccc(S(=O)(=O)Cl)c(OC)c1C(=O)NC1CCC1. The molecule has 0 atom stereocenters. The van der Waals surface area contributed by atoms with Gasteiger partial charge in [0.25, 0.3) is 15.0 Å². The van der Waals surface area contributed by atoms with E-state index in [0.717, 1.165) is 19.3 Å². The Morgan fingerprint density at radius 2 is 1.95 bits per heavy atom. The fourth-order valence-electron chi connectivity index (χ4n) is 2.14. The largest absolute Gasteiger partial charge is 0.496 e. The number of methoxy groups -OCH3 is 2. The van der Waals surface area contributed by atoms with Crippen molar-refractivity contribution in [1.29, 1.82) is 0 Å². The zero-order chi connectivity index (χ0) is 15.6. The number of hydrogen-bond acceptors (Lipinski definition) is 5. The van der Waals surface area contributed by atoms with Crippen molar-refractivity contribution >= 4 is 25.6 Å². The van der Waals surface area contributed by atoms with Crippen molar-refractivity contribution < 1.29 is 22.7 Å². The van der Waals surface area contributed by atoms with Gasteiger partial charge in [-0.05, 0) is 31.4 Å². The van der Waals surface area contributed by atoms with Gasteiger partial charge < -0.3 is 14.8 Å². The maximum atomic E-state index is 12.4. The molecule has 1 saturated carbocycles. The zero-order valence-corrected chi connectivity index (χ0v) is 13.3. The average molecular weight is 334 g/mol. The molecule has 0 unspecified atom stereocenters. The second-order valence-electron chi connectivity index (χ2n) is 4.71.